The summed E-state index contributed by atoms with van der Waals surface area (Å²) >= 11 is 4.71. The quantitative estimate of drug-likeness (QED) is 0.661. The summed E-state index contributed by atoms with van der Waals surface area (Å²) in [5.74, 6) is 0.288. The van der Waals surface area contributed by atoms with Gasteiger partial charge in [-0.25, -0.2) is 13.1 Å². The molecule has 5 nitrogen and oxygen atoms in total. The Morgan fingerprint density at radius 1 is 1.39 bits per heavy atom. The molecule has 0 spiro atoms. The Hall–Kier alpha value is -0.240. The van der Waals surface area contributed by atoms with Crippen LogP contribution in [0.25, 0.3) is 0 Å². The van der Waals surface area contributed by atoms with Crippen LogP contribution >= 0.6 is 12.2 Å². The van der Waals surface area contributed by atoms with E-state index in [4.69, 9.17) is 18.0 Å². The third kappa shape index (κ3) is 4.79. The van der Waals surface area contributed by atoms with Crippen molar-refractivity contribution in [1.29, 1.82) is 0 Å². The molecule has 0 radical (unpaired) electrons. The zero-order chi connectivity index (χ0) is 13.8. The van der Waals surface area contributed by atoms with Gasteiger partial charge in [-0.3, -0.25) is 0 Å². The Labute approximate surface area is 115 Å². The molecule has 18 heavy (non-hydrogen) atoms. The second-order valence-electron chi connectivity index (χ2n) is 5.05. The lowest BCUT2D eigenvalue weighted by atomic mass is 10.2. The van der Waals surface area contributed by atoms with Gasteiger partial charge >= 0.3 is 0 Å². The molecule has 0 amide bonds. The normalized spacial score (nSPS) is 20.8. The molecule has 2 atom stereocenters. The number of nitrogens with one attached hydrogen (secondary N) is 1. The van der Waals surface area contributed by atoms with Gasteiger partial charge in [0.25, 0.3) is 0 Å². The van der Waals surface area contributed by atoms with E-state index in [1.807, 2.05) is 6.92 Å². The van der Waals surface area contributed by atoms with Crippen LogP contribution in [0.2, 0.25) is 0 Å². The van der Waals surface area contributed by atoms with E-state index in [0.29, 0.717) is 6.54 Å². The molecule has 7 heteroatoms. The fourth-order valence-electron chi connectivity index (χ4n) is 2.01. The van der Waals surface area contributed by atoms with E-state index in [1.54, 1.807) is 0 Å². The number of hydrogen-bond acceptors (Lipinski definition) is 4. The predicted octanol–water partition coefficient (Wildman–Crippen LogP) is 0.312. The van der Waals surface area contributed by atoms with E-state index in [0.717, 1.165) is 19.6 Å². The molecule has 0 saturated carbocycles. The smallest absolute Gasteiger partial charge is 0.220 e. The van der Waals surface area contributed by atoms with Crippen molar-refractivity contribution >= 4 is 27.2 Å². The van der Waals surface area contributed by atoms with Gasteiger partial charge < -0.3 is 10.6 Å². The number of sulfonamides is 1. The fraction of sp³-hybridized carbons (Fsp3) is 0.909. The maximum Gasteiger partial charge on any atom is 0.220 e. The molecule has 0 aromatic heterocycles. The van der Waals surface area contributed by atoms with Crippen molar-refractivity contribution in [2.24, 2.45) is 11.7 Å². The van der Waals surface area contributed by atoms with Crippen LogP contribution in [0.1, 0.15) is 26.7 Å². The number of likely N-dealkylation sites (tertiary alicyclic amines) is 1. The monoisotopic (exact) mass is 293 g/mol. The minimum absolute atomic E-state index is 0.00898. The number of nitrogens with two attached hydrogens (primary N) is 1. The molecule has 2 unspecified atom stereocenters. The maximum absolute atomic E-state index is 11.8. The molecule has 0 bridgehead atoms. The van der Waals surface area contributed by atoms with Crippen LogP contribution in [0, 0.1) is 5.92 Å². The number of hydrogen-bond donors (Lipinski definition) is 2. The zero-order valence-electron chi connectivity index (χ0n) is 11.1. The predicted molar refractivity (Wildman–Crippen MR) is 78.0 cm³/mol. The first-order chi connectivity index (χ1) is 8.33. The van der Waals surface area contributed by atoms with Crippen molar-refractivity contribution in [2.45, 2.75) is 31.9 Å². The van der Waals surface area contributed by atoms with Crippen LogP contribution in [-0.4, -0.2) is 49.7 Å². The standard InChI is InChI=1S/C11H23N3O2S2/c1-9(8-14-5-3-4-6-14)7-13-18(15,16)10(2)11(12)17/h9-10,13H,3-8H2,1-2H3,(H2,12,17). The molecule has 1 rings (SSSR count). The summed E-state index contributed by atoms with van der Waals surface area (Å²) in [4.78, 5) is 2.38. The average Bonchev–Trinajstić information content (AvgIpc) is 2.78. The minimum Gasteiger partial charge on any atom is -0.392 e. The summed E-state index contributed by atoms with van der Waals surface area (Å²) in [6.07, 6.45) is 2.49. The summed E-state index contributed by atoms with van der Waals surface area (Å²) in [6.45, 7) is 7.18. The van der Waals surface area contributed by atoms with Gasteiger partial charge in [0.15, 0.2) is 0 Å². The largest absolute Gasteiger partial charge is 0.392 e. The number of nitrogens with zero attached hydrogens (tertiary/aromatic N) is 1. The lowest BCUT2D eigenvalue weighted by Gasteiger charge is -2.21. The number of thiocarbonyl (C=S) groups is 1. The molecule has 1 heterocycles. The average molecular weight is 293 g/mol. The molecule has 1 aliphatic rings. The Morgan fingerprint density at radius 3 is 2.44 bits per heavy atom. The topological polar surface area (TPSA) is 75.4 Å². The van der Waals surface area contributed by atoms with Crippen LogP contribution in [-0.2, 0) is 10.0 Å². The van der Waals surface area contributed by atoms with Crippen molar-refractivity contribution < 1.29 is 8.42 Å². The van der Waals surface area contributed by atoms with E-state index < -0.39 is 15.3 Å². The first kappa shape index (κ1) is 15.8. The van der Waals surface area contributed by atoms with Crippen molar-refractivity contribution in [1.82, 2.24) is 9.62 Å². The van der Waals surface area contributed by atoms with Gasteiger partial charge in [0, 0.05) is 13.1 Å². The highest BCUT2D eigenvalue weighted by atomic mass is 32.2. The van der Waals surface area contributed by atoms with E-state index in [-0.39, 0.29) is 10.9 Å². The highest BCUT2D eigenvalue weighted by molar-refractivity contribution is 7.93. The lowest BCUT2D eigenvalue weighted by Crippen LogP contribution is -2.42. The molecular formula is C11H23N3O2S2. The summed E-state index contributed by atoms with van der Waals surface area (Å²) in [5.41, 5.74) is 5.36. The van der Waals surface area contributed by atoms with Gasteiger partial charge in [0.1, 0.15) is 5.25 Å². The molecule has 1 aliphatic heterocycles. The molecule has 0 aromatic carbocycles. The molecule has 0 aromatic rings. The van der Waals surface area contributed by atoms with E-state index in [2.05, 4.69) is 9.62 Å². The first-order valence-corrected chi connectivity index (χ1v) is 8.28. The van der Waals surface area contributed by atoms with Gasteiger partial charge in [-0.1, -0.05) is 19.1 Å². The molecule has 106 valence electrons. The summed E-state index contributed by atoms with van der Waals surface area (Å²) in [6, 6.07) is 0. The van der Waals surface area contributed by atoms with Crippen LogP contribution in [0.4, 0.5) is 0 Å². The molecule has 0 aliphatic carbocycles. The second-order valence-corrected chi connectivity index (χ2v) is 7.61. The Kier molecular flexibility index (Phi) is 5.97. The third-order valence-corrected chi connectivity index (χ3v) is 5.52. The van der Waals surface area contributed by atoms with Crippen molar-refractivity contribution in [3.05, 3.63) is 0 Å². The van der Waals surface area contributed by atoms with Gasteiger partial charge in [0.2, 0.25) is 10.0 Å². The lowest BCUT2D eigenvalue weighted by molar-refractivity contribution is 0.288. The minimum atomic E-state index is -3.42. The van der Waals surface area contributed by atoms with E-state index in [1.165, 1.54) is 19.8 Å². The van der Waals surface area contributed by atoms with Crippen LogP contribution in [0.5, 0.6) is 0 Å². The van der Waals surface area contributed by atoms with Gasteiger partial charge in [-0.15, -0.1) is 0 Å². The van der Waals surface area contributed by atoms with Crippen LogP contribution in [0.15, 0.2) is 0 Å². The molecule has 3 N–H and O–H groups in total. The summed E-state index contributed by atoms with van der Waals surface area (Å²) in [5, 5.41) is -0.813. The first-order valence-electron chi connectivity index (χ1n) is 6.33. The van der Waals surface area contributed by atoms with Gasteiger partial charge in [-0.05, 0) is 38.8 Å². The van der Waals surface area contributed by atoms with Gasteiger partial charge in [0.05, 0.1) is 4.99 Å². The Bertz CT molecular complexity index is 378. The molecule has 1 fully saturated rings. The van der Waals surface area contributed by atoms with Gasteiger partial charge in [-0.2, -0.15) is 0 Å². The summed E-state index contributed by atoms with van der Waals surface area (Å²) in [7, 11) is -3.42. The van der Waals surface area contributed by atoms with E-state index in [9.17, 15) is 8.42 Å². The zero-order valence-corrected chi connectivity index (χ0v) is 12.7. The summed E-state index contributed by atoms with van der Waals surface area (Å²) < 4.78 is 26.2. The second kappa shape index (κ2) is 6.79. The fourth-order valence-corrected chi connectivity index (χ4v) is 3.46. The SMILES string of the molecule is CC(CNS(=O)(=O)C(C)C(N)=S)CN1CCCC1. The van der Waals surface area contributed by atoms with Crippen molar-refractivity contribution in [2.75, 3.05) is 26.2 Å². The maximum atomic E-state index is 11.8. The van der Waals surface area contributed by atoms with Crippen LogP contribution in [0.3, 0.4) is 0 Å². The Balaban J connectivity index is 2.36. The molecular weight excluding hydrogens is 270 g/mol. The molecule has 1 saturated heterocycles. The number of rotatable bonds is 7. The van der Waals surface area contributed by atoms with Crippen molar-refractivity contribution in [3.8, 4) is 0 Å². The third-order valence-electron chi connectivity index (χ3n) is 3.27. The van der Waals surface area contributed by atoms with Crippen LogP contribution < -0.4 is 10.5 Å². The highest BCUT2D eigenvalue weighted by Crippen LogP contribution is 2.10. The highest BCUT2D eigenvalue weighted by Gasteiger charge is 2.24. The van der Waals surface area contributed by atoms with E-state index >= 15 is 0 Å². The van der Waals surface area contributed by atoms with Crippen molar-refractivity contribution in [3.63, 3.8) is 0 Å². The Morgan fingerprint density at radius 2 is 1.94 bits per heavy atom.